The van der Waals surface area contributed by atoms with Crippen molar-refractivity contribution in [3.8, 4) is 0 Å². The van der Waals surface area contributed by atoms with Crippen LogP contribution in [0.2, 0.25) is 0 Å². The van der Waals surface area contributed by atoms with Gasteiger partial charge in [0.05, 0.1) is 0 Å². The Hall–Kier alpha value is -2.79. The molecule has 0 spiro atoms. The number of primary amides is 1. The number of nitrogens with two attached hydrogens (primary N) is 1. The first-order chi connectivity index (χ1) is 11.5. The number of amides is 2. The van der Waals surface area contributed by atoms with Gasteiger partial charge in [-0.3, -0.25) is 9.59 Å². The molecule has 0 bridgehead atoms. The third kappa shape index (κ3) is 2.98. The lowest BCUT2D eigenvalue weighted by molar-refractivity contribution is 0.0977. The molecule has 0 aliphatic heterocycles. The van der Waals surface area contributed by atoms with Crippen LogP contribution in [0.1, 0.15) is 32.0 Å². The van der Waals surface area contributed by atoms with E-state index in [9.17, 15) is 9.59 Å². The van der Waals surface area contributed by atoms with Crippen molar-refractivity contribution in [1.29, 1.82) is 0 Å². The van der Waals surface area contributed by atoms with E-state index in [-0.39, 0.29) is 17.4 Å². The van der Waals surface area contributed by atoms with E-state index in [2.05, 4.69) is 5.32 Å². The molecule has 0 saturated carbocycles. The summed E-state index contributed by atoms with van der Waals surface area (Å²) in [6.45, 7) is 1.91. The third-order valence-corrected chi connectivity index (χ3v) is 3.96. The Morgan fingerprint density at radius 3 is 2.71 bits per heavy atom. The number of carbonyl (C=O) groups is 2. The number of benzene rings is 2. The molecule has 0 aliphatic carbocycles. The summed E-state index contributed by atoms with van der Waals surface area (Å²) in [6.07, 6.45) is 0. The highest BCUT2D eigenvalue weighted by Crippen LogP contribution is 2.32. The molecule has 0 aliphatic rings. The number of aryl methyl sites for hydroxylation is 1. The molecule has 6 heteroatoms. The van der Waals surface area contributed by atoms with Crippen LogP contribution in [0.3, 0.4) is 0 Å². The number of alkyl halides is 1. The van der Waals surface area contributed by atoms with Crippen LogP contribution in [0, 0.1) is 6.92 Å². The molecule has 0 radical (unpaired) electrons. The van der Waals surface area contributed by atoms with Gasteiger partial charge in [0.15, 0.2) is 0 Å². The number of nitrogens with one attached hydrogen (secondary N) is 1. The quantitative estimate of drug-likeness (QED) is 0.706. The maximum atomic E-state index is 12.5. The number of fused-ring (bicyclic) bond motifs is 1. The largest absolute Gasteiger partial charge is 0.449 e. The molecule has 0 saturated heterocycles. The molecule has 122 valence electrons. The lowest BCUT2D eigenvalue weighted by atomic mass is 10.1. The van der Waals surface area contributed by atoms with E-state index in [0.29, 0.717) is 22.4 Å². The average molecular weight is 343 g/mol. The fourth-order valence-electron chi connectivity index (χ4n) is 2.49. The maximum Gasteiger partial charge on any atom is 0.286 e. The zero-order valence-electron chi connectivity index (χ0n) is 12.9. The van der Waals surface area contributed by atoms with Crippen LogP contribution in [0.15, 0.2) is 46.9 Å². The van der Waals surface area contributed by atoms with Crippen molar-refractivity contribution >= 4 is 40.1 Å². The molecular weight excluding hydrogens is 328 g/mol. The number of hydrogen-bond donors (Lipinski definition) is 2. The SMILES string of the molecule is Cc1ccc2oc(C(N)=O)c(NC(=O)c3cccc(CCl)c3)c2c1. The second-order valence-electron chi connectivity index (χ2n) is 5.46. The first kappa shape index (κ1) is 16.1. The van der Waals surface area contributed by atoms with Gasteiger partial charge in [-0.1, -0.05) is 23.8 Å². The van der Waals surface area contributed by atoms with Crippen molar-refractivity contribution in [3.05, 3.63) is 64.9 Å². The molecule has 0 atom stereocenters. The molecule has 1 aromatic heterocycles. The van der Waals surface area contributed by atoms with E-state index in [1.807, 2.05) is 25.1 Å². The Morgan fingerprint density at radius 2 is 2.00 bits per heavy atom. The van der Waals surface area contributed by atoms with Gasteiger partial charge in [0, 0.05) is 16.8 Å². The van der Waals surface area contributed by atoms with Gasteiger partial charge in [-0.15, -0.1) is 11.6 Å². The minimum absolute atomic E-state index is 0.0718. The fraction of sp³-hybridized carbons (Fsp3) is 0.111. The van der Waals surface area contributed by atoms with Crippen LogP contribution < -0.4 is 11.1 Å². The van der Waals surface area contributed by atoms with Crippen LogP contribution in [0.5, 0.6) is 0 Å². The topological polar surface area (TPSA) is 85.3 Å². The van der Waals surface area contributed by atoms with Gasteiger partial charge < -0.3 is 15.5 Å². The number of hydrogen-bond acceptors (Lipinski definition) is 3. The van der Waals surface area contributed by atoms with Crippen molar-refractivity contribution in [3.63, 3.8) is 0 Å². The number of anilines is 1. The van der Waals surface area contributed by atoms with Crippen molar-refractivity contribution in [2.24, 2.45) is 5.73 Å². The fourth-order valence-corrected chi connectivity index (χ4v) is 2.66. The number of carbonyl (C=O) groups excluding carboxylic acids is 2. The smallest absolute Gasteiger partial charge is 0.286 e. The van der Waals surface area contributed by atoms with Crippen molar-refractivity contribution in [2.75, 3.05) is 5.32 Å². The van der Waals surface area contributed by atoms with Gasteiger partial charge in [-0.2, -0.15) is 0 Å². The molecule has 1 heterocycles. The maximum absolute atomic E-state index is 12.5. The Morgan fingerprint density at radius 1 is 1.21 bits per heavy atom. The summed E-state index contributed by atoms with van der Waals surface area (Å²) in [6, 6.07) is 12.4. The predicted molar refractivity (Wildman–Crippen MR) is 93.4 cm³/mol. The van der Waals surface area contributed by atoms with E-state index < -0.39 is 5.91 Å². The van der Waals surface area contributed by atoms with Crippen LogP contribution in [-0.2, 0) is 5.88 Å². The highest BCUT2D eigenvalue weighted by Gasteiger charge is 2.21. The average Bonchev–Trinajstić information content (AvgIpc) is 2.93. The highest BCUT2D eigenvalue weighted by molar-refractivity contribution is 6.17. The molecule has 3 rings (SSSR count). The number of halogens is 1. The Balaban J connectivity index is 2.04. The van der Waals surface area contributed by atoms with E-state index in [1.165, 1.54) is 0 Å². The van der Waals surface area contributed by atoms with E-state index in [1.54, 1.807) is 24.3 Å². The summed E-state index contributed by atoms with van der Waals surface area (Å²) >= 11 is 5.80. The zero-order valence-corrected chi connectivity index (χ0v) is 13.7. The first-order valence-electron chi connectivity index (χ1n) is 7.29. The van der Waals surface area contributed by atoms with Gasteiger partial charge in [0.1, 0.15) is 11.3 Å². The van der Waals surface area contributed by atoms with Crippen LogP contribution in [0.4, 0.5) is 5.69 Å². The predicted octanol–water partition coefficient (Wildman–Crippen LogP) is 3.83. The van der Waals surface area contributed by atoms with Crippen molar-refractivity contribution in [2.45, 2.75) is 12.8 Å². The first-order valence-corrected chi connectivity index (χ1v) is 7.82. The Kier molecular flexibility index (Phi) is 4.27. The molecule has 3 N–H and O–H groups in total. The molecular formula is C18H15ClN2O3. The second kappa shape index (κ2) is 6.37. The lowest BCUT2D eigenvalue weighted by Gasteiger charge is -2.06. The number of furan rings is 1. The van der Waals surface area contributed by atoms with Gasteiger partial charge in [-0.05, 0) is 36.8 Å². The lowest BCUT2D eigenvalue weighted by Crippen LogP contribution is -2.17. The molecule has 2 aromatic carbocycles. The summed E-state index contributed by atoms with van der Waals surface area (Å²) in [5.74, 6) is -0.874. The normalized spacial score (nSPS) is 10.8. The molecule has 3 aromatic rings. The molecule has 2 amide bonds. The minimum atomic E-state index is -0.742. The summed E-state index contributed by atoms with van der Waals surface area (Å²) in [5, 5.41) is 3.36. The summed E-state index contributed by atoms with van der Waals surface area (Å²) in [7, 11) is 0. The van der Waals surface area contributed by atoms with E-state index >= 15 is 0 Å². The Bertz CT molecular complexity index is 947. The van der Waals surface area contributed by atoms with Crippen molar-refractivity contribution in [1.82, 2.24) is 0 Å². The highest BCUT2D eigenvalue weighted by atomic mass is 35.5. The van der Waals surface area contributed by atoms with E-state index in [4.69, 9.17) is 21.8 Å². The van der Waals surface area contributed by atoms with E-state index in [0.717, 1.165) is 11.1 Å². The summed E-state index contributed by atoms with van der Waals surface area (Å²) in [5.41, 5.74) is 8.37. The van der Waals surface area contributed by atoms with Gasteiger partial charge in [-0.25, -0.2) is 0 Å². The molecule has 5 nitrogen and oxygen atoms in total. The van der Waals surface area contributed by atoms with Crippen LogP contribution in [-0.4, -0.2) is 11.8 Å². The molecule has 0 unspecified atom stereocenters. The third-order valence-electron chi connectivity index (χ3n) is 3.65. The van der Waals surface area contributed by atoms with Gasteiger partial charge >= 0.3 is 0 Å². The molecule has 24 heavy (non-hydrogen) atoms. The standard InChI is InChI=1S/C18H15ClN2O3/c1-10-5-6-14-13(7-10)15(16(24-14)17(20)22)21-18(23)12-4-2-3-11(8-12)9-19/h2-8H,9H2,1H3,(H2,20,22)(H,21,23). The van der Waals surface area contributed by atoms with Gasteiger partial charge in [0.2, 0.25) is 5.76 Å². The monoisotopic (exact) mass is 342 g/mol. The van der Waals surface area contributed by atoms with Crippen LogP contribution in [0.25, 0.3) is 11.0 Å². The van der Waals surface area contributed by atoms with Crippen molar-refractivity contribution < 1.29 is 14.0 Å². The summed E-state index contributed by atoms with van der Waals surface area (Å²) < 4.78 is 5.49. The molecule has 0 fully saturated rings. The minimum Gasteiger partial charge on any atom is -0.449 e. The number of rotatable bonds is 4. The zero-order chi connectivity index (χ0) is 17.3. The summed E-state index contributed by atoms with van der Waals surface area (Å²) in [4.78, 5) is 24.2. The van der Waals surface area contributed by atoms with Gasteiger partial charge in [0.25, 0.3) is 11.8 Å². The second-order valence-corrected chi connectivity index (χ2v) is 5.73. The Labute approximate surface area is 143 Å². The van der Waals surface area contributed by atoms with Crippen LogP contribution >= 0.6 is 11.6 Å².